The van der Waals surface area contributed by atoms with Crippen molar-refractivity contribution in [2.45, 2.75) is 193 Å². The lowest BCUT2D eigenvalue weighted by Gasteiger charge is -2.11. The number of benzene rings is 2. The van der Waals surface area contributed by atoms with Crippen LogP contribution in [0, 0.1) is 21.4 Å². The smallest absolute Gasteiger partial charge is 0.305 e. The van der Waals surface area contributed by atoms with Crippen LogP contribution < -0.4 is 9.47 Å². The van der Waals surface area contributed by atoms with Gasteiger partial charge < -0.3 is 18.9 Å². The van der Waals surface area contributed by atoms with Gasteiger partial charge in [0.25, 0.3) is 0 Å². The van der Waals surface area contributed by atoms with Crippen LogP contribution in [0.5, 0.6) is 11.5 Å². The zero-order valence-corrected chi connectivity index (χ0v) is 49.0. The lowest BCUT2D eigenvalue weighted by Crippen LogP contribution is -2.13. The van der Waals surface area contributed by atoms with Gasteiger partial charge in [-0.3, -0.25) is 9.59 Å². The molecule has 0 unspecified atom stereocenters. The summed E-state index contributed by atoms with van der Waals surface area (Å²) in [6.07, 6.45) is 35.8. The van der Waals surface area contributed by atoms with Gasteiger partial charge in [0, 0.05) is 20.0 Å². The molecule has 0 spiro atoms. The molecule has 0 saturated heterocycles. The average Bonchev–Trinajstić information content (AvgIpc) is 3.20. The molecule has 0 atom stereocenters. The Kier molecular flexibility index (Phi) is 37.9. The lowest BCUT2D eigenvalue weighted by molar-refractivity contribution is -0.152. The van der Waals surface area contributed by atoms with Crippen LogP contribution in [0.4, 0.5) is 0 Å². The third kappa shape index (κ3) is 31.3. The molecule has 0 aliphatic rings. The first kappa shape index (κ1) is 57.5. The number of halogens is 6. The Hall–Kier alpha value is 1.36. The number of ether oxygens (including phenoxy) is 4. The summed E-state index contributed by atoms with van der Waals surface area (Å²) >= 11 is 14.2. The number of hydrogen-bond donors (Lipinski definition) is 0. The zero-order chi connectivity index (χ0) is 43.5. The molecular formula is C48H72I6O6. The molecule has 2 rings (SSSR count). The monoisotopic (exact) mass is 1510 g/mol. The Morgan fingerprint density at radius 3 is 0.783 bits per heavy atom. The molecule has 0 heterocycles. The first-order chi connectivity index (χ1) is 29.2. The topological polar surface area (TPSA) is 71.1 Å². The Morgan fingerprint density at radius 1 is 0.317 bits per heavy atom. The van der Waals surface area contributed by atoms with Gasteiger partial charge in [-0.25, -0.2) is 0 Å². The van der Waals surface area contributed by atoms with Crippen molar-refractivity contribution in [3.05, 3.63) is 45.7 Å². The summed E-state index contributed by atoms with van der Waals surface area (Å²) in [4.78, 5) is 24.1. The van der Waals surface area contributed by atoms with Crippen LogP contribution in [0.3, 0.4) is 0 Å². The molecule has 342 valence electrons. The first-order valence-corrected chi connectivity index (χ1v) is 29.5. The van der Waals surface area contributed by atoms with E-state index in [1.807, 2.05) is 0 Å². The summed E-state index contributed by atoms with van der Waals surface area (Å²) in [5.74, 6) is 1.73. The predicted molar refractivity (Wildman–Crippen MR) is 301 cm³/mol. The van der Waals surface area contributed by atoms with Gasteiger partial charge in [0.05, 0.1) is 27.5 Å². The molecule has 0 N–H and O–H groups in total. The molecule has 0 radical (unpaired) electrons. The Labute approximate surface area is 446 Å². The van der Waals surface area contributed by atoms with Gasteiger partial charge in [0.2, 0.25) is 0 Å². The van der Waals surface area contributed by atoms with E-state index >= 15 is 0 Å². The maximum absolute atomic E-state index is 12.0. The minimum Gasteiger partial charge on any atom is -0.491 e. The molecule has 60 heavy (non-hydrogen) atoms. The van der Waals surface area contributed by atoms with Crippen LogP contribution in [0.25, 0.3) is 0 Å². The van der Waals surface area contributed by atoms with Gasteiger partial charge >= 0.3 is 11.9 Å². The van der Waals surface area contributed by atoms with E-state index in [1.54, 1.807) is 0 Å². The second kappa shape index (κ2) is 39.5. The Balaban J connectivity index is 1.22. The molecule has 6 nitrogen and oxygen atoms in total. The number of rotatable bonds is 39. The van der Waals surface area contributed by atoms with Crippen molar-refractivity contribution in [1.82, 2.24) is 0 Å². The second-order valence-corrected chi connectivity index (χ2v) is 23.1. The highest BCUT2D eigenvalue weighted by Crippen LogP contribution is 2.31. The van der Waals surface area contributed by atoms with Crippen LogP contribution in [0.1, 0.15) is 193 Å². The number of carbonyl (C=O) groups is 2. The van der Waals surface area contributed by atoms with E-state index in [4.69, 9.17) is 18.9 Å². The van der Waals surface area contributed by atoms with Crippen LogP contribution in [-0.4, -0.2) is 38.4 Å². The highest BCUT2D eigenvalue weighted by atomic mass is 127. The van der Waals surface area contributed by atoms with E-state index in [0.717, 1.165) is 63.2 Å². The van der Waals surface area contributed by atoms with Crippen molar-refractivity contribution in [3.8, 4) is 11.5 Å². The largest absolute Gasteiger partial charge is 0.491 e. The maximum atomic E-state index is 12.0. The molecule has 0 saturated carbocycles. The van der Waals surface area contributed by atoms with Crippen molar-refractivity contribution < 1.29 is 28.5 Å². The van der Waals surface area contributed by atoms with Gasteiger partial charge in [-0.15, -0.1) is 0 Å². The van der Waals surface area contributed by atoms with E-state index in [9.17, 15) is 9.59 Å². The van der Waals surface area contributed by atoms with E-state index in [-0.39, 0.29) is 25.2 Å². The van der Waals surface area contributed by atoms with Crippen molar-refractivity contribution in [3.63, 3.8) is 0 Å². The number of esters is 2. The summed E-state index contributed by atoms with van der Waals surface area (Å²) in [6.45, 7) is 1.95. The van der Waals surface area contributed by atoms with Crippen LogP contribution in [0.2, 0.25) is 0 Å². The van der Waals surface area contributed by atoms with E-state index in [0.29, 0.717) is 12.8 Å². The normalized spacial score (nSPS) is 11.2. The summed E-state index contributed by atoms with van der Waals surface area (Å²) in [5.41, 5.74) is 0. The van der Waals surface area contributed by atoms with Gasteiger partial charge in [-0.05, 0) is 185 Å². The standard InChI is InChI=1S/C48H72I6O6/c49-39-35-41(51)47(42(52)36-39)59-31-27-23-19-15-11-7-3-1-5-9-13-17-21-25-29-45(55)57-33-34-58-46(56)30-26-22-18-14-10-6-2-4-8-12-16-20-24-28-32-60-48-43(53)37-40(50)38-44(48)54/h35-38H,1-34H2. The lowest BCUT2D eigenvalue weighted by atomic mass is 10.0. The number of hydrogen-bond acceptors (Lipinski definition) is 6. The molecule has 0 aliphatic heterocycles. The summed E-state index contributed by atoms with van der Waals surface area (Å²) < 4.78 is 30.0. The van der Waals surface area contributed by atoms with Crippen molar-refractivity contribution in [2.75, 3.05) is 26.4 Å². The van der Waals surface area contributed by atoms with Gasteiger partial charge in [-0.1, -0.05) is 154 Å². The van der Waals surface area contributed by atoms with E-state index < -0.39 is 0 Å². The zero-order valence-electron chi connectivity index (χ0n) is 36.1. The number of carbonyl (C=O) groups excluding carboxylic acids is 2. The summed E-state index contributed by atoms with van der Waals surface area (Å²) in [7, 11) is 0. The van der Waals surface area contributed by atoms with E-state index in [1.165, 1.54) is 163 Å². The molecule has 2 aromatic rings. The Bertz CT molecular complexity index is 1270. The van der Waals surface area contributed by atoms with Crippen molar-refractivity contribution in [2.24, 2.45) is 0 Å². The average molecular weight is 1510 g/mol. The quantitative estimate of drug-likeness (QED) is 0.0377. The molecule has 12 heteroatoms. The van der Waals surface area contributed by atoms with Crippen molar-refractivity contribution in [1.29, 1.82) is 0 Å². The Morgan fingerprint density at radius 2 is 0.533 bits per heavy atom. The fraction of sp³-hybridized carbons (Fsp3) is 0.708. The van der Waals surface area contributed by atoms with Gasteiger partial charge in [0.15, 0.2) is 0 Å². The third-order valence-corrected chi connectivity index (χ3v) is 15.0. The van der Waals surface area contributed by atoms with Gasteiger partial charge in [0.1, 0.15) is 24.7 Å². The molecule has 2 aromatic carbocycles. The predicted octanol–water partition coefficient (Wildman–Crippen LogP) is 17.6. The fourth-order valence-electron chi connectivity index (χ4n) is 7.12. The molecular weight excluding hydrogens is 1430 g/mol. The minimum atomic E-state index is -0.179. The summed E-state index contributed by atoms with van der Waals surface area (Å²) in [6, 6.07) is 8.69. The minimum absolute atomic E-state index is 0.163. The first-order valence-electron chi connectivity index (χ1n) is 23.0. The molecule has 0 fully saturated rings. The second-order valence-electron chi connectivity index (χ2n) is 15.9. The fourth-order valence-corrected chi connectivity index (χ4v) is 14.9. The van der Waals surface area contributed by atoms with Crippen LogP contribution in [-0.2, 0) is 19.1 Å². The SMILES string of the molecule is O=C(CCCCCCCCCCCCCCCCOc1c(I)cc(I)cc1I)OCCOC(=O)CCCCCCCCCCCCCCCCOc1c(I)cc(I)cc1I. The molecule has 0 amide bonds. The van der Waals surface area contributed by atoms with Crippen LogP contribution in [0.15, 0.2) is 24.3 Å². The number of unbranched alkanes of at least 4 members (excludes halogenated alkanes) is 26. The molecule has 0 bridgehead atoms. The highest BCUT2D eigenvalue weighted by Gasteiger charge is 2.10. The van der Waals surface area contributed by atoms with Crippen LogP contribution >= 0.6 is 136 Å². The highest BCUT2D eigenvalue weighted by molar-refractivity contribution is 14.1. The van der Waals surface area contributed by atoms with E-state index in [2.05, 4.69) is 160 Å². The molecule has 0 aliphatic carbocycles. The third-order valence-electron chi connectivity index (χ3n) is 10.6. The van der Waals surface area contributed by atoms with Gasteiger partial charge in [-0.2, -0.15) is 0 Å². The maximum Gasteiger partial charge on any atom is 0.305 e. The summed E-state index contributed by atoms with van der Waals surface area (Å²) in [5, 5.41) is 0. The van der Waals surface area contributed by atoms with Crippen molar-refractivity contribution >= 4 is 147 Å². The molecule has 0 aromatic heterocycles.